The number of ether oxygens (including phenoxy) is 2. The molecule has 1 heterocycles. The number of carbonyl (C=O) groups is 2. The van der Waals surface area contributed by atoms with Gasteiger partial charge >= 0.3 is 11.9 Å². The molecule has 8 heteroatoms. The average Bonchev–Trinajstić information content (AvgIpc) is 2.86. The fourth-order valence-corrected chi connectivity index (χ4v) is 4.05. The third-order valence-electron chi connectivity index (χ3n) is 5.83. The van der Waals surface area contributed by atoms with Gasteiger partial charge in [0.25, 0.3) is 0 Å². The predicted octanol–water partition coefficient (Wildman–Crippen LogP) is 3.75. The highest BCUT2D eigenvalue weighted by atomic mass is 16.5. The molecule has 0 saturated heterocycles. The van der Waals surface area contributed by atoms with Crippen molar-refractivity contribution >= 4 is 17.6 Å². The van der Waals surface area contributed by atoms with Gasteiger partial charge in [-0.15, -0.1) is 0 Å². The fourth-order valence-electron chi connectivity index (χ4n) is 4.05. The molecular weight excluding hydrogens is 444 g/mol. The van der Waals surface area contributed by atoms with E-state index in [0.29, 0.717) is 5.56 Å². The molecule has 0 aromatic heterocycles. The van der Waals surface area contributed by atoms with Crippen LogP contribution in [0.2, 0.25) is 0 Å². The quantitative estimate of drug-likeness (QED) is 0.669. The lowest BCUT2D eigenvalue weighted by Gasteiger charge is -2.36. The molecule has 0 aliphatic carbocycles. The number of rotatable bonds is 4. The first-order chi connectivity index (χ1) is 16.6. The van der Waals surface area contributed by atoms with Crippen molar-refractivity contribution in [3.05, 3.63) is 87.9 Å². The lowest BCUT2D eigenvalue weighted by atomic mass is 9.80. The molecule has 0 fully saturated rings. The van der Waals surface area contributed by atoms with Gasteiger partial charge in [0.1, 0.15) is 17.6 Å². The number of methoxy groups -OCH3 is 2. The second kappa shape index (κ2) is 9.74. The first-order valence-electron chi connectivity index (χ1n) is 10.8. The summed E-state index contributed by atoms with van der Waals surface area (Å²) in [6.45, 7) is 6.02. The Balaban J connectivity index is 2.44. The maximum absolute atomic E-state index is 13.2. The van der Waals surface area contributed by atoms with Crippen LogP contribution in [0.1, 0.15) is 43.4 Å². The largest absolute Gasteiger partial charge is 0.466 e. The molecule has 35 heavy (non-hydrogen) atoms. The highest BCUT2D eigenvalue weighted by molar-refractivity contribution is 6.06. The van der Waals surface area contributed by atoms with Gasteiger partial charge < -0.3 is 15.2 Å². The van der Waals surface area contributed by atoms with E-state index < -0.39 is 17.9 Å². The van der Waals surface area contributed by atoms with Crippen molar-refractivity contribution in [3.63, 3.8) is 0 Å². The third kappa shape index (κ3) is 4.47. The summed E-state index contributed by atoms with van der Waals surface area (Å²) >= 11 is 0. The molecule has 8 nitrogen and oxygen atoms in total. The minimum absolute atomic E-state index is 0.0352. The molecule has 2 N–H and O–H groups in total. The van der Waals surface area contributed by atoms with E-state index in [0.717, 1.165) is 5.56 Å². The van der Waals surface area contributed by atoms with E-state index >= 15 is 0 Å². The maximum Gasteiger partial charge on any atom is 0.355 e. The Bertz CT molecular complexity index is 1320. The van der Waals surface area contributed by atoms with E-state index in [1.54, 1.807) is 42.5 Å². The fraction of sp³-hybridized carbons (Fsp3) is 0.259. The molecule has 178 valence electrons. The van der Waals surface area contributed by atoms with Crippen molar-refractivity contribution in [1.29, 1.82) is 10.5 Å². The number of hydrogen-bond donors (Lipinski definition) is 1. The molecule has 1 atom stereocenters. The van der Waals surface area contributed by atoms with Crippen LogP contribution in [0.25, 0.3) is 0 Å². The summed E-state index contributed by atoms with van der Waals surface area (Å²) in [7, 11) is 2.36. The monoisotopic (exact) mass is 470 g/mol. The Morgan fingerprint density at radius 2 is 1.60 bits per heavy atom. The average molecular weight is 471 g/mol. The molecule has 0 bridgehead atoms. The van der Waals surface area contributed by atoms with Crippen LogP contribution >= 0.6 is 0 Å². The van der Waals surface area contributed by atoms with Crippen LogP contribution in [0, 0.1) is 22.7 Å². The van der Waals surface area contributed by atoms with Gasteiger partial charge in [0.2, 0.25) is 0 Å². The van der Waals surface area contributed by atoms with Gasteiger partial charge in [-0.1, -0.05) is 57.2 Å². The molecule has 1 unspecified atom stereocenters. The van der Waals surface area contributed by atoms with E-state index in [2.05, 4.69) is 12.1 Å². The molecule has 1 aliphatic heterocycles. The van der Waals surface area contributed by atoms with E-state index in [1.807, 2.05) is 26.8 Å². The van der Waals surface area contributed by atoms with Gasteiger partial charge in [-0.05, 0) is 28.7 Å². The van der Waals surface area contributed by atoms with Gasteiger partial charge in [0.15, 0.2) is 0 Å². The second-order valence-corrected chi connectivity index (χ2v) is 8.93. The molecule has 2 aromatic carbocycles. The number of carbonyl (C=O) groups excluding carboxylic acids is 2. The minimum Gasteiger partial charge on any atom is -0.466 e. The summed E-state index contributed by atoms with van der Waals surface area (Å²) in [5, 5.41) is 20.1. The van der Waals surface area contributed by atoms with Gasteiger partial charge in [-0.25, -0.2) is 9.59 Å². The zero-order chi connectivity index (χ0) is 25.9. The van der Waals surface area contributed by atoms with Gasteiger partial charge in [-0.3, -0.25) is 4.90 Å². The van der Waals surface area contributed by atoms with Crippen molar-refractivity contribution in [2.24, 2.45) is 5.73 Å². The van der Waals surface area contributed by atoms with E-state index in [9.17, 15) is 20.1 Å². The van der Waals surface area contributed by atoms with Crippen molar-refractivity contribution in [3.8, 4) is 12.1 Å². The Labute approximate surface area is 204 Å². The smallest absolute Gasteiger partial charge is 0.355 e. The zero-order valence-electron chi connectivity index (χ0n) is 20.2. The molecule has 1 aliphatic rings. The second-order valence-electron chi connectivity index (χ2n) is 8.93. The number of hydrogen-bond acceptors (Lipinski definition) is 8. The van der Waals surface area contributed by atoms with Crippen LogP contribution < -0.4 is 10.6 Å². The Kier molecular flexibility index (Phi) is 6.98. The summed E-state index contributed by atoms with van der Waals surface area (Å²) in [6, 6.07) is 18.1. The molecular formula is C27H26N4O4. The highest BCUT2D eigenvalue weighted by Gasteiger charge is 2.43. The lowest BCUT2D eigenvalue weighted by Crippen LogP contribution is -2.41. The molecule has 0 spiro atoms. The van der Waals surface area contributed by atoms with Crippen LogP contribution in [0.3, 0.4) is 0 Å². The van der Waals surface area contributed by atoms with Crippen LogP contribution in [0.4, 0.5) is 5.69 Å². The Hall–Kier alpha value is -4.56. The van der Waals surface area contributed by atoms with Crippen LogP contribution in [0.5, 0.6) is 0 Å². The number of nitrogens with zero attached hydrogens (tertiary/aromatic N) is 3. The van der Waals surface area contributed by atoms with Gasteiger partial charge in [0, 0.05) is 0 Å². The van der Waals surface area contributed by atoms with Crippen molar-refractivity contribution in [2.45, 2.75) is 32.1 Å². The van der Waals surface area contributed by atoms with Gasteiger partial charge in [0.05, 0.1) is 48.6 Å². The summed E-state index contributed by atoms with van der Waals surface area (Å²) < 4.78 is 10.1. The maximum atomic E-state index is 13.2. The SMILES string of the molecule is COC(=O)C1=C(C(=O)OC)N(c2ccc(C(C)(C)C)cc2C#N)C(N)=C(C#N)C1c1ccccc1. The van der Waals surface area contributed by atoms with Gasteiger partial charge in [-0.2, -0.15) is 10.5 Å². The van der Waals surface area contributed by atoms with Crippen molar-refractivity contribution in [2.75, 3.05) is 19.1 Å². The topological polar surface area (TPSA) is 129 Å². The zero-order valence-corrected chi connectivity index (χ0v) is 20.2. The number of allylic oxidation sites excluding steroid dienone is 1. The van der Waals surface area contributed by atoms with E-state index in [1.165, 1.54) is 19.1 Å². The van der Waals surface area contributed by atoms with Crippen LogP contribution in [0.15, 0.2) is 71.2 Å². The number of nitrogens with two attached hydrogens (primary N) is 1. The van der Waals surface area contributed by atoms with Crippen LogP contribution in [-0.2, 0) is 24.5 Å². The number of nitriles is 2. The standard InChI is InChI=1S/C27H26N4O4/c1-27(2,3)18-11-12-20(17(13-18)14-28)31-23(26(33)35-5)22(25(32)34-4)21(19(15-29)24(31)30)16-9-7-6-8-10-16/h6-13,21H,30H2,1-5H3. The van der Waals surface area contributed by atoms with Crippen LogP contribution in [-0.4, -0.2) is 26.2 Å². The number of benzene rings is 2. The van der Waals surface area contributed by atoms with E-state index in [-0.39, 0.29) is 39.3 Å². The highest BCUT2D eigenvalue weighted by Crippen LogP contribution is 2.44. The lowest BCUT2D eigenvalue weighted by molar-refractivity contribution is -0.139. The summed E-state index contributed by atoms with van der Waals surface area (Å²) in [5.74, 6) is -2.75. The normalized spacial score (nSPS) is 15.9. The third-order valence-corrected chi connectivity index (χ3v) is 5.83. The van der Waals surface area contributed by atoms with E-state index in [4.69, 9.17) is 15.2 Å². The Morgan fingerprint density at radius 3 is 2.11 bits per heavy atom. The summed E-state index contributed by atoms with van der Waals surface area (Å²) in [4.78, 5) is 27.5. The first-order valence-corrected chi connectivity index (χ1v) is 10.8. The number of esters is 2. The molecule has 3 rings (SSSR count). The summed E-state index contributed by atoms with van der Waals surface area (Å²) in [6.07, 6.45) is 0. The molecule has 0 saturated carbocycles. The molecule has 2 aromatic rings. The molecule has 0 amide bonds. The minimum atomic E-state index is -0.974. The predicted molar refractivity (Wildman–Crippen MR) is 129 cm³/mol. The first kappa shape index (κ1) is 25.1. The molecule has 0 radical (unpaired) electrons. The van der Waals surface area contributed by atoms with Crippen molar-refractivity contribution in [1.82, 2.24) is 0 Å². The number of anilines is 1. The Morgan fingerprint density at radius 1 is 0.971 bits per heavy atom. The summed E-state index contributed by atoms with van der Waals surface area (Å²) in [5.41, 5.74) is 7.86. The van der Waals surface area contributed by atoms with Crippen molar-refractivity contribution < 1.29 is 19.1 Å².